The predicted octanol–water partition coefficient (Wildman–Crippen LogP) is 4.86. The van der Waals surface area contributed by atoms with Crippen molar-refractivity contribution in [3.05, 3.63) is 35.4 Å². The lowest BCUT2D eigenvalue weighted by Gasteiger charge is -2.34. The van der Waals surface area contributed by atoms with E-state index in [-0.39, 0.29) is 0 Å². The zero-order chi connectivity index (χ0) is 13.8. The highest BCUT2D eigenvalue weighted by atomic mass is 14.9. The van der Waals surface area contributed by atoms with Crippen LogP contribution in [-0.2, 0) is 0 Å². The minimum atomic E-state index is 0.468. The third-order valence-electron chi connectivity index (χ3n) is 4.69. The highest BCUT2D eigenvalue weighted by Gasteiger charge is 2.25. The van der Waals surface area contributed by atoms with E-state index in [1.165, 1.54) is 36.8 Å². The number of benzene rings is 1. The maximum atomic E-state index is 3.85. The molecular weight excluding hydrogens is 230 g/mol. The van der Waals surface area contributed by atoms with Crippen molar-refractivity contribution >= 4 is 0 Å². The second-order valence-corrected chi connectivity index (χ2v) is 6.67. The Bertz CT molecular complexity index is 396. The van der Waals surface area contributed by atoms with Gasteiger partial charge in [0.25, 0.3) is 0 Å². The summed E-state index contributed by atoms with van der Waals surface area (Å²) in [5, 5.41) is 3.85. The topological polar surface area (TPSA) is 12.0 Å². The summed E-state index contributed by atoms with van der Waals surface area (Å²) in [6.45, 7) is 9.22. The Balaban J connectivity index is 1.93. The molecule has 1 aromatic rings. The summed E-state index contributed by atoms with van der Waals surface area (Å²) >= 11 is 0. The maximum absolute atomic E-state index is 3.85. The number of hydrogen-bond donors (Lipinski definition) is 1. The van der Waals surface area contributed by atoms with Crippen LogP contribution in [-0.4, -0.2) is 6.04 Å². The van der Waals surface area contributed by atoms with Crippen molar-refractivity contribution in [3.63, 3.8) is 0 Å². The molecule has 2 rings (SSSR count). The average Bonchev–Trinajstić information content (AvgIpc) is 2.39. The highest BCUT2D eigenvalue weighted by Crippen LogP contribution is 2.31. The van der Waals surface area contributed by atoms with Gasteiger partial charge in [-0.25, -0.2) is 0 Å². The van der Waals surface area contributed by atoms with Crippen molar-refractivity contribution in [1.29, 1.82) is 0 Å². The van der Waals surface area contributed by atoms with Gasteiger partial charge in [-0.15, -0.1) is 0 Å². The van der Waals surface area contributed by atoms with Gasteiger partial charge in [0.15, 0.2) is 0 Å². The van der Waals surface area contributed by atoms with Crippen LogP contribution in [0.2, 0.25) is 0 Å². The van der Waals surface area contributed by atoms with Crippen molar-refractivity contribution in [2.75, 3.05) is 0 Å². The van der Waals surface area contributed by atoms with E-state index in [1.54, 1.807) is 0 Å². The molecule has 0 amide bonds. The molecule has 1 fully saturated rings. The minimum absolute atomic E-state index is 0.468. The van der Waals surface area contributed by atoms with Crippen molar-refractivity contribution in [3.8, 4) is 0 Å². The second kappa shape index (κ2) is 6.56. The number of hydrogen-bond acceptors (Lipinski definition) is 1. The standard InChI is InChI=1S/C18H29N/c1-13(2)16-8-6-10-18(12-16)19-15(4)17-9-5-7-14(3)11-17/h5,7,9,11,13,15-16,18-19H,6,8,10,12H2,1-4H3/t15-,16?,18?/m0/s1. The zero-order valence-corrected chi connectivity index (χ0v) is 12.9. The minimum Gasteiger partial charge on any atom is -0.307 e. The third-order valence-corrected chi connectivity index (χ3v) is 4.69. The average molecular weight is 259 g/mol. The molecule has 1 aliphatic rings. The zero-order valence-electron chi connectivity index (χ0n) is 12.9. The molecule has 0 aliphatic heterocycles. The van der Waals surface area contributed by atoms with Gasteiger partial charge in [-0.3, -0.25) is 0 Å². The fraction of sp³-hybridized carbons (Fsp3) is 0.667. The lowest BCUT2D eigenvalue weighted by molar-refractivity contribution is 0.223. The van der Waals surface area contributed by atoms with Crippen LogP contribution in [0.25, 0.3) is 0 Å². The molecule has 0 radical (unpaired) electrons. The molecule has 2 unspecified atom stereocenters. The maximum Gasteiger partial charge on any atom is 0.0294 e. The first-order chi connectivity index (χ1) is 9.06. The Kier molecular flexibility index (Phi) is 5.04. The molecular formula is C18H29N. The second-order valence-electron chi connectivity index (χ2n) is 6.67. The first-order valence-electron chi connectivity index (χ1n) is 7.89. The Morgan fingerprint density at radius 1 is 1.16 bits per heavy atom. The fourth-order valence-electron chi connectivity index (χ4n) is 3.37. The number of aryl methyl sites for hydroxylation is 1. The molecule has 3 atom stereocenters. The van der Waals surface area contributed by atoms with E-state index < -0.39 is 0 Å². The van der Waals surface area contributed by atoms with Gasteiger partial charge in [-0.2, -0.15) is 0 Å². The largest absolute Gasteiger partial charge is 0.307 e. The van der Waals surface area contributed by atoms with Crippen molar-refractivity contribution in [1.82, 2.24) is 5.32 Å². The lowest BCUT2D eigenvalue weighted by atomic mass is 9.79. The molecule has 1 heteroatoms. The Morgan fingerprint density at radius 2 is 1.95 bits per heavy atom. The molecule has 1 aromatic carbocycles. The summed E-state index contributed by atoms with van der Waals surface area (Å²) in [6.07, 6.45) is 5.52. The van der Waals surface area contributed by atoms with Crippen LogP contribution in [0.5, 0.6) is 0 Å². The monoisotopic (exact) mass is 259 g/mol. The molecule has 1 aliphatic carbocycles. The Morgan fingerprint density at radius 3 is 2.63 bits per heavy atom. The van der Waals surface area contributed by atoms with Crippen LogP contribution >= 0.6 is 0 Å². The van der Waals surface area contributed by atoms with Crippen LogP contribution in [0.15, 0.2) is 24.3 Å². The Labute approximate surface area is 118 Å². The molecule has 106 valence electrons. The third kappa shape index (κ3) is 4.07. The van der Waals surface area contributed by atoms with Crippen LogP contribution in [0.1, 0.15) is 63.6 Å². The first-order valence-corrected chi connectivity index (χ1v) is 7.89. The van der Waals surface area contributed by atoms with Crippen molar-refractivity contribution < 1.29 is 0 Å². The summed E-state index contributed by atoms with van der Waals surface area (Å²) in [4.78, 5) is 0. The summed E-state index contributed by atoms with van der Waals surface area (Å²) in [5.74, 6) is 1.75. The van der Waals surface area contributed by atoms with Gasteiger partial charge in [0.05, 0.1) is 0 Å². The Hall–Kier alpha value is -0.820. The van der Waals surface area contributed by atoms with Gasteiger partial charge >= 0.3 is 0 Å². The van der Waals surface area contributed by atoms with E-state index >= 15 is 0 Å². The molecule has 0 spiro atoms. The molecule has 1 saturated carbocycles. The van der Waals surface area contributed by atoms with Crippen LogP contribution in [0, 0.1) is 18.8 Å². The van der Waals surface area contributed by atoms with Crippen LogP contribution in [0.4, 0.5) is 0 Å². The predicted molar refractivity (Wildman–Crippen MR) is 83.3 cm³/mol. The molecule has 1 N–H and O–H groups in total. The molecule has 0 bridgehead atoms. The van der Waals surface area contributed by atoms with Gasteiger partial charge in [0.1, 0.15) is 0 Å². The van der Waals surface area contributed by atoms with Crippen LogP contribution < -0.4 is 5.32 Å². The van der Waals surface area contributed by atoms with Gasteiger partial charge in [-0.1, -0.05) is 56.5 Å². The summed E-state index contributed by atoms with van der Waals surface area (Å²) < 4.78 is 0. The van der Waals surface area contributed by atoms with Gasteiger partial charge in [0.2, 0.25) is 0 Å². The van der Waals surface area contributed by atoms with E-state index in [4.69, 9.17) is 0 Å². The SMILES string of the molecule is Cc1cccc([C@H](C)NC2CCCC(C(C)C)C2)c1. The molecule has 0 saturated heterocycles. The molecule has 19 heavy (non-hydrogen) atoms. The lowest BCUT2D eigenvalue weighted by Crippen LogP contribution is -2.37. The van der Waals surface area contributed by atoms with Gasteiger partial charge in [-0.05, 0) is 44.1 Å². The summed E-state index contributed by atoms with van der Waals surface area (Å²) in [7, 11) is 0. The van der Waals surface area contributed by atoms with E-state index in [0.717, 1.165) is 11.8 Å². The van der Waals surface area contributed by atoms with E-state index in [2.05, 4.69) is 57.3 Å². The van der Waals surface area contributed by atoms with E-state index in [9.17, 15) is 0 Å². The number of rotatable bonds is 4. The smallest absolute Gasteiger partial charge is 0.0294 e. The summed E-state index contributed by atoms with van der Waals surface area (Å²) in [5.41, 5.74) is 2.78. The fourth-order valence-corrected chi connectivity index (χ4v) is 3.37. The summed E-state index contributed by atoms with van der Waals surface area (Å²) in [6, 6.07) is 10.1. The normalized spacial score (nSPS) is 25.5. The highest BCUT2D eigenvalue weighted by molar-refractivity contribution is 5.24. The first kappa shape index (κ1) is 14.6. The number of nitrogens with one attached hydrogen (secondary N) is 1. The quantitative estimate of drug-likeness (QED) is 0.814. The van der Waals surface area contributed by atoms with Gasteiger partial charge < -0.3 is 5.32 Å². The van der Waals surface area contributed by atoms with E-state index in [0.29, 0.717) is 12.1 Å². The van der Waals surface area contributed by atoms with Crippen LogP contribution in [0.3, 0.4) is 0 Å². The molecule has 1 nitrogen and oxygen atoms in total. The van der Waals surface area contributed by atoms with Crippen molar-refractivity contribution in [2.24, 2.45) is 11.8 Å². The van der Waals surface area contributed by atoms with E-state index in [1.807, 2.05) is 0 Å². The molecule has 0 aromatic heterocycles. The molecule has 0 heterocycles. The van der Waals surface area contributed by atoms with Crippen molar-refractivity contribution in [2.45, 2.75) is 65.5 Å². The van der Waals surface area contributed by atoms with Gasteiger partial charge in [0, 0.05) is 12.1 Å².